The lowest BCUT2D eigenvalue weighted by molar-refractivity contribution is 0.0891. The van der Waals surface area contributed by atoms with Crippen LogP contribution in [0.25, 0.3) is 0 Å². The van der Waals surface area contributed by atoms with Gasteiger partial charge in [-0.15, -0.1) is 0 Å². The van der Waals surface area contributed by atoms with Crippen LogP contribution in [0.5, 0.6) is 0 Å². The molecule has 0 saturated carbocycles. The first kappa shape index (κ1) is 13.7. The largest absolute Gasteiger partial charge is 0.380 e. The SMILES string of the molecule is CCCc1nc(Br)cc(N2CCCC(OC)C2)n1. The van der Waals surface area contributed by atoms with E-state index in [2.05, 4.69) is 37.7 Å². The number of ether oxygens (including phenoxy) is 1. The molecule has 0 bridgehead atoms. The lowest BCUT2D eigenvalue weighted by atomic mass is 10.1. The maximum absolute atomic E-state index is 5.45. The molecule has 1 aliphatic heterocycles. The Labute approximate surface area is 117 Å². The fourth-order valence-corrected chi connectivity index (χ4v) is 2.70. The molecule has 1 fully saturated rings. The molecule has 100 valence electrons. The van der Waals surface area contributed by atoms with Gasteiger partial charge in [-0.1, -0.05) is 6.92 Å². The highest BCUT2D eigenvalue weighted by molar-refractivity contribution is 9.10. The molecule has 0 N–H and O–H groups in total. The number of aromatic nitrogens is 2. The molecule has 1 unspecified atom stereocenters. The normalized spacial score (nSPS) is 20.2. The van der Waals surface area contributed by atoms with Crippen LogP contribution in [-0.2, 0) is 11.2 Å². The summed E-state index contributed by atoms with van der Waals surface area (Å²) in [6.45, 7) is 4.12. The summed E-state index contributed by atoms with van der Waals surface area (Å²) in [6, 6.07) is 2.00. The lowest BCUT2D eigenvalue weighted by Crippen LogP contribution is -2.39. The van der Waals surface area contributed by atoms with Gasteiger partial charge in [-0.3, -0.25) is 0 Å². The van der Waals surface area contributed by atoms with Gasteiger partial charge in [-0.25, -0.2) is 9.97 Å². The van der Waals surface area contributed by atoms with Gasteiger partial charge in [0.1, 0.15) is 16.2 Å². The molecule has 0 aliphatic carbocycles. The number of anilines is 1. The molecular weight excluding hydrogens is 294 g/mol. The van der Waals surface area contributed by atoms with E-state index in [-0.39, 0.29) is 0 Å². The monoisotopic (exact) mass is 313 g/mol. The fourth-order valence-electron chi connectivity index (χ4n) is 2.29. The summed E-state index contributed by atoms with van der Waals surface area (Å²) in [5.41, 5.74) is 0. The first-order valence-corrected chi connectivity index (χ1v) is 7.33. The summed E-state index contributed by atoms with van der Waals surface area (Å²) < 4.78 is 6.32. The van der Waals surface area contributed by atoms with E-state index in [1.54, 1.807) is 7.11 Å². The molecule has 2 heterocycles. The van der Waals surface area contributed by atoms with Crippen LogP contribution >= 0.6 is 15.9 Å². The molecule has 0 aromatic carbocycles. The van der Waals surface area contributed by atoms with E-state index < -0.39 is 0 Å². The van der Waals surface area contributed by atoms with E-state index in [9.17, 15) is 0 Å². The van der Waals surface area contributed by atoms with Crippen LogP contribution in [0.3, 0.4) is 0 Å². The molecule has 1 aromatic heterocycles. The Bertz CT molecular complexity index is 400. The fraction of sp³-hybridized carbons (Fsp3) is 0.692. The summed E-state index contributed by atoms with van der Waals surface area (Å²) in [5.74, 6) is 1.93. The number of methoxy groups -OCH3 is 1. The van der Waals surface area contributed by atoms with Crippen LogP contribution in [0.4, 0.5) is 5.82 Å². The highest BCUT2D eigenvalue weighted by atomic mass is 79.9. The van der Waals surface area contributed by atoms with Gasteiger partial charge in [0.2, 0.25) is 0 Å². The molecule has 1 aromatic rings. The minimum absolute atomic E-state index is 0.321. The van der Waals surface area contributed by atoms with Gasteiger partial charge < -0.3 is 9.64 Å². The van der Waals surface area contributed by atoms with Gasteiger partial charge in [0.25, 0.3) is 0 Å². The van der Waals surface area contributed by atoms with Crippen molar-refractivity contribution in [1.29, 1.82) is 0 Å². The molecule has 1 aliphatic rings. The summed E-state index contributed by atoms with van der Waals surface area (Å²) >= 11 is 3.47. The molecule has 0 spiro atoms. The van der Waals surface area contributed by atoms with Crippen molar-refractivity contribution < 1.29 is 4.74 Å². The molecule has 2 rings (SSSR count). The average molecular weight is 314 g/mol. The van der Waals surface area contributed by atoms with Gasteiger partial charge in [0.15, 0.2) is 0 Å². The Hall–Kier alpha value is -0.680. The van der Waals surface area contributed by atoms with Crippen molar-refractivity contribution >= 4 is 21.7 Å². The highest BCUT2D eigenvalue weighted by Crippen LogP contribution is 2.22. The van der Waals surface area contributed by atoms with E-state index in [0.29, 0.717) is 6.10 Å². The van der Waals surface area contributed by atoms with E-state index >= 15 is 0 Å². The van der Waals surface area contributed by atoms with Crippen LogP contribution in [0, 0.1) is 0 Å². The first-order chi connectivity index (χ1) is 8.72. The Kier molecular flexibility index (Phi) is 4.95. The zero-order valence-corrected chi connectivity index (χ0v) is 12.6. The van der Waals surface area contributed by atoms with Crippen molar-refractivity contribution in [2.45, 2.75) is 38.7 Å². The zero-order chi connectivity index (χ0) is 13.0. The van der Waals surface area contributed by atoms with E-state index in [4.69, 9.17) is 4.74 Å². The van der Waals surface area contributed by atoms with Crippen LogP contribution < -0.4 is 4.90 Å². The summed E-state index contributed by atoms with van der Waals surface area (Å²) in [5, 5.41) is 0. The van der Waals surface area contributed by atoms with Crippen molar-refractivity contribution in [3.8, 4) is 0 Å². The quantitative estimate of drug-likeness (QED) is 0.801. The number of piperidine rings is 1. The van der Waals surface area contributed by atoms with E-state index in [0.717, 1.165) is 55.0 Å². The van der Waals surface area contributed by atoms with Crippen molar-refractivity contribution in [2.75, 3.05) is 25.1 Å². The third-order valence-corrected chi connectivity index (χ3v) is 3.64. The molecule has 0 amide bonds. The van der Waals surface area contributed by atoms with Crippen molar-refractivity contribution in [2.24, 2.45) is 0 Å². The molecule has 4 nitrogen and oxygen atoms in total. The topological polar surface area (TPSA) is 38.2 Å². The van der Waals surface area contributed by atoms with Gasteiger partial charge in [-0.05, 0) is 35.2 Å². The summed E-state index contributed by atoms with van der Waals surface area (Å²) in [6.07, 6.45) is 4.61. The van der Waals surface area contributed by atoms with Crippen molar-refractivity contribution in [3.05, 3.63) is 16.5 Å². The molecule has 5 heteroatoms. The Morgan fingerprint density at radius 1 is 1.50 bits per heavy atom. The first-order valence-electron chi connectivity index (χ1n) is 6.54. The lowest BCUT2D eigenvalue weighted by Gasteiger charge is -2.32. The molecule has 1 atom stereocenters. The number of nitrogens with zero attached hydrogens (tertiary/aromatic N) is 3. The minimum atomic E-state index is 0.321. The average Bonchev–Trinajstić information content (AvgIpc) is 2.38. The third kappa shape index (κ3) is 3.42. The van der Waals surface area contributed by atoms with Gasteiger partial charge in [-0.2, -0.15) is 0 Å². The van der Waals surface area contributed by atoms with Crippen LogP contribution in [-0.4, -0.2) is 36.3 Å². The number of rotatable bonds is 4. The van der Waals surface area contributed by atoms with Crippen LogP contribution in [0.2, 0.25) is 0 Å². The second-order valence-electron chi connectivity index (χ2n) is 4.66. The summed E-state index contributed by atoms with van der Waals surface area (Å²) in [4.78, 5) is 11.3. The number of hydrogen-bond acceptors (Lipinski definition) is 4. The van der Waals surface area contributed by atoms with Gasteiger partial charge >= 0.3 is 0 Å². The van der Waals surface area contributed by atoms with Crippen LogP contribution in [0.15, 0.2) is 10.7 Å². The maximum Gasteiger partial charge on any atom is 0.133 e. The zero-order valence-electron chi connectivity index (χ0n) is 11.0. The minimum Gasteiger partial charge on any atom is -0.380 e. The van der Waals surface area contributed by atoms with Crippen molar-refractivity contribution in [3.63, 3.8) is 0 Å². The Morgan fingerprint density at radius 2 is 2.33 bits per heavy atom. The third-order valence-electron chi connectivity index (χ3n) is 3.24. The predicted octanol–water partition coefficient (Wildman–Crippen LogP) is 2.81. The van der Waals surface area contributed by atoms with Gasteiger partial charge in [0, 0.05) is 32.7 Å². The summed E-state index contributed by atoms with van der Waals surface area (Å²) in [7, 11) is 1.78. The molecular formula is C13H20BrN3O. The Balaban J connectivity index is 2.16. The second kappa shape index (κ2) is 6.48. The predicted molar refractivity (Wildman–Crippen MR) is 76.0 cm³/mol. The van der Waals surface area contributed by atoms with E-state index in [1.165, 1.54) is 0 Å². The second-order valence-corrected chi connectivity index (χ2v) is 5.47. The van der Waals surface area contributed by atoms with Crippen LogP contribution in [0.1, 0.15) is 32.0 Å². The number of aryl methyl sites for hydroxylation is 1. The smallest absolute Gasteiger partial charge is 0.133 e. The molecule has 18 heavy (non-hydrogen) atoms. The molecule has 1 saturated heterocycles. The molecule has 0 radical (unpaired) electrons. The van der Waals surface area contributed by atoms with E-state index in [1.807, 2.05) is 6.07 Å². The maximum atomic E-state index is 5.45. The van der Waals surface area contributed by atoms with Crippen molar-refractivity contribution in [1.82, 2.24) is 9.97 Å². The standard InChI is InChI=1S/C13H20BrN3O/c1-3-5-12-15-11(14)8-13(16-12)17-7-4-6-10(9-17)18-2/h8,10H,3-7,9H2,1-2H3. The highest BCUT2D eigenvalue weighted by Gasteiger charge is 2.21. The Morgan fingerprint density at radius 3 is 3.06 bits per heavy atom. The number of hydrogen-bond donors (Lipinski definition) is 0. The number of halogens is 1. The van der Waals surface area contributed by atoms with Gasteiger partial charge in [0.05, 0.1) is 6.10 Å².